The minimum atomic E-state index is -3.68. The van der Waals surface area contributed by atoms with E-state index in [1.807, 2.05) is 12.1 Å². The molecule has 0 spiro atoms. The highest BCUT2D eigenvalue weighted by Crippen LogP contribution is 2.31. The topological polar surface area (TPSA) is 127 Å². The Labute approximate surface area is 180 Å². The lowest BCUT2D eigenvalue weighted by atomic mass is 10.3. The number of aromatic nitrogens is 3. The first-order valence-corrected chi connectivity index (χ1v) is 11.2. The van der Waals surface area contributed by atoms with Crippen LogP contribution < -0.4 is 24.8 Å². The number of hydrogen-bond donors (Lipinski definition) is 3. The van der Waals surface area contributed by atoms with Gasteiger partial charge in [-0.2, -0.15) is 0 Å². The van der Waals surface area contributed by atoms with Gasteiger partial charge in [-0.15, -0.1) is 10.2 Å². The van der Waals surface area contributed by atoms with E-state index in [1.165, 1.54) is 12.1 Å². The highest BCUT2D eigenvalue weighted by Gasteiger charge is 2.18. The van der Waals surface area contributed by atoms with Gasteiger partial charge < -0.3 is 20.1 Å². The zero-order valence-corrected chi connectivity index (χ0v) is 17.4. The summed E-state index contributed by atoms with van der Waals surface area (Å²) in [6, 6.07) is 11.8. The zero-order valence-electron chi connectivity index (χ0n) is 16.6. The maximum atomic E-state index is 12.6. The van der Waals surface area contributed by atoms with Crippen LogP contribution in [0.5, 0.6) is 11.5 Å². The van der Waals surface area contributed by atoms with Crippen LogP contribution in [0.3, 0.4) is 0 Å². The van der Waals surface area contributed by atoms with Gasteiger partial charge in [0.25, 0.3) is 0 Å². The lowest BCUT2D eigenvalue weighted by Crippen LogP contribution is -2.29. The van der Waals surface area contributed by atoms with Crippen LogP contribution >= 0.6 is 0 Å². The maximum absolute atomic E-state index is 12.6. The van der Waals surface area contributed by atoms with Crippen LogP contribution in [-0.2, 0) is 10.0 Å². The van der Waals surface area contributed by atoms with Crippen LogP contribution in [0.25, 0.3) is 0 Å². The SMILES string of the molecule is O=S(=O)(NCCNc1ccc(Nc2ccncc2)nn1)c1ccc2c(c1)OCCCO2. The quantitative estimate of drug-likeness (QED) is 0.450. The lowest BCUT2D eigenvalue weighted by Gasteiger charge is -2.11. The minimum Gasteiger partial charge on any atom is -0.490 e. The highest BCUT2D eigenvalue weighted by atomic mass is 32.2. The summed E-state index contributed by atoms with van der Waals surface area (Å²) in [5.41, 5.74) is 0.856. The first kappa shape index (κ1) is 20.8. The van der Waals surface area contributed by atoms with Gasteiger partial charge in [0.1, 0.15) is 5.82 Å². The number of hydrogen-bond acceptors (Lipinski definition) is 9. The van der Waals surface area contributed by atoms with E-state index >= 15 is 0 Å². The number of benzene rings is 1. The molecule has 3 heterocycles. The van der Waals surface area contributed by atoms with Gasteiger partial charge in [-0.3, -0.25) is 4.98 Å². The number of nitrogens with one attached hydrogen (secondary N) is 3. The van der Waals surface area contributed by atoms with Gasteiger partial charge in [-0.25, -0.2) is 13.1 Å². The number of pyridine rings is 1. The van der Waals surface area contributed by atoms with E-state index < -0.39 is 10.0 Å². The fourth-order valence-corrected chi connectivity index (χ4v) is 3.89. The Bertz CT molecular complexity index is 1110. The molecule has 4 rings (SSSR count). The van der Waals surface area contributed by atoms with Crippen molar-refractivity contribution in [3.63, 3.8) is 0 Å². The second kappa shape index (κ2) is 9.58. The summed E-state index contributed by atoms with van der Waals surface area (Å²) < 4.78 is 38.8. The van der Waals surface area contributed by atoms with E-state index in [0.29, 0.717) is 42.9 Å². The summed E-state index contributed by atoms with van der Waals surface area (Å²) >= 11 is 0. The van der Waals surface area contributed by atoms with E-state index in [9.17, 15) is 8.42 Å². The summed E-state index contributed by atoms with van der Waals surface area (Å²) in [4.78, 5) is 4.08. The smallest absolute Gasteiger partial charge is 0.240 e. The Hall–Kier alpha value is -3.44. The van der Waals surface area contributed by atoms with Gasteiger partial charge in [-0.05, 0) is 36.4 Å². The summed E-state index contributed by atoms with van der Waals surface area (Å²) in [6.07, 6.45) is 4.11. The standard InChI is InChI=1S/C20H22N6O4S/c27-31(28,16-2-3-17-18(14-16)30-13-1-12-29-17)23-11-10-22-19-4-5-20(26-25-19)24-15-6-8-21-9-7-15/h2-9,14,23H,1,10-13H2,(H,22,25)(H,21,24,26). The number of sulfonamides is 1. The van der Waals surface area contributed by atoms with Crippen LogP contribution in [0.2, 0.25) is 0 Å². The summed E-state index contributed by atoms with van der Waals surface area (Å²) in [5.74, 6) is 2.12. The van der Waals surface area contributed by atoms with Gasteiger partial charge in [0.15, 0.2) is 17.3 Å². The molecule has 10 nitrogen and oxygen atoms in total. The molecule has 0 unspecified atom stereocenters. The zero-order chi connectivity index (χ0) is 21.5. The molecule has 0 atom stereocenters. The van der Waals surface area contributed by atoms with Gasteiger partial charge >= 0.3 is 0 Å². The number of fused-ring (bicyclic) bond motifs is 1. The van der Waals surface area contributed by atoms with Crippen LogP contribution in [-0.4, -0.2) is 49.9 Å². The molecule has 0 radical (unpaired) electrons. The normalized spacial score (nSPS) is 13.3. The molecule has 0 aliphatic carbocycles. The number of rotatable bonds is 8. The van der Waals surface area contributed by atoms with Crippen molar-refractivity contribution in [2.24, 2.45) is 0 Å². The van der Waals surface area contributed by atoms with Crippen molar-refractivity contribution in [3.05, 3.63) is 54.9 Å². The molecule has 1 aliphatic heterocycles. The average Bonchev–Trinajstić information content (AvgIpc) is 3.03. The summed E-state index contributed by atoms with van der Waals surface area (Å²) in [7, 11) is -3.68. The van der Waals surface area contributed by atoms with E-state index in [2.05, 4.69) is 30.5 Å². The Kier molecular flexibility index (Phi) is 6.43. The highest BCUT2D eigenvalue weighted by molar-refractivity contribution is 7.89. The molecule has 3 aromatic rings. The second-order valence-electron chi connectivity index (χ2n) is 6.65. The molecule has 2 aromatic heterocycles. The van der Waals surface area contributed by atoms with Crippen LogP contribution in [0.1, 0.15) is 6.42 Å². The molecule has 0 bridgehead atoms. The predicted molar refractivity (Wildman–Crippen MR) is 115 cm³/mol. The molecule has 1 aromatic carbocycles. The van der Waals surface area contributed by atoms with Gasteiger partial charge in [0.05, 0.1) is 18.1 Å². The second-order valence-corrected chi connectivity index (χ2v) is 8.42. The first-order valence-electron chi connectivity index (χ1n) is 9.74. The summed E-state index contributed by atoms with van der Waals surface area (Å²) in [6.45, 7) is 1.56. The minimum absolute atomic E-state index is 0.128. The number of anilines is 3. The summed E-state index contributed by atoms with van der Waals surface area (Å²) in [5, 5.41) is 14.3. The maximum Gasteiger partial charge on any atom is 0.240 e. The van der Waals surface area contributed by atoms with Crippen LogP contribution in [0.15, 0.2) is 59.8 Å². The average molecular weight is 443 g/mol. The van der Waals surface area contributed by atoms with Crippen LogP contribution in [0.4, 0.5) is 17.3 Å². The third-order valence-electron chi connectivity index (χ3n) is 4.37. The number of nitrogens with zero attached hydrogens (tertiary/aromatic N) is 3. The molecular weight excluding hydrogens is 420 g/mol. The molecule has 31 heavy (non-hydrogen) atoms. The van der Waals surface area contributed by atoms with E-state index in [0.717, 1.165) is 12.1 Å². The Morgan fingerprint density at radius 3 is 2.39 bits per heavy atom. The lowest BCUT2D eigenvalue weighted by molar-refractivity contribution is 0.297. The molecule has 162 valence electrons. The Balaban J connectivity index is 1.27. The van der Waals surface area contributed by atoms with Crippen molar-refractivity contribution in [3.8, 4) is 11.5 Å². The fourth-order valence-electron chi connectivity index (χ4n) is 2.85. The van der Waals surface area contributed by atoms with Crippen molar-refractivity contribution >= 4 is 27.3 Å². The monoisotopic (exact) mass is 442 g/mol. The van der Waals surface area contributed by atoms with Crippen molar-refractivity contribution in [1.29, 1.82) is 0 Å². The van der Waals surface area contributed by atoms with Gasteiger partial charge in [0, 0.05) is 43.7 Å². The van der Waals surface area contributed by atoms with Crippen molar-refractivity contribution < 1.29 is 17.9 Å². The van der Waals surface area contributed by atoms with E-state index in [4.69, 9.17) is 9.47 Å². The molecule has 3 N–H and O–H groups in total. The van der Waals surface area contributed by atoms with Crippen molar-refractivity contribution in [1.82, 2.24) is 19.9 Å². The molecule has 0 saturated carbocycles. The third kappa shape index (κ3) is 5.58. The molecule has 11 heteroatoms. The Morgan fingerprint density at radius 2 is 1.61 bits per heavy atom. The van der Waals surface area contributed by atoms with Gasteiger partial charge in [0.2, 0.25) is 10.0 Å². The van der Waals surface area contributed by atoms with Crippen molar-refractivity contribution in [2.75, 3.05) is 36.9 Å². The molecule has 0 amide bonds. The number of ether oxygens (including phenoxy) is 2. The van der Waals surface area contributed by atoms with E-state index in [1.54, 1.807) is 30.6 Å². The molecular formula is C20H22N6O4S. The molecule has 0 saturated heterocycles. The first-order chi connectivity index (χ1) is 15.1. The fraction of sp³-hybridized carbons (Fsp3) is 0.250. The van der Waals surface area contributed by atoms with E-state index in [-0.39, 0.29) is 11.4 Å². The van der Waals surface area contributed by atoms with Crippen LogP contribution in [0, 0.1) is 0 Å². The third-order valence-corrected chi connectivity index (χ3v) is 5.83. The predicted octanol–water partition coefficient (Wildman–Crippen LogP) is 2.17. The van der Waals surface area contributed by atoms with Gasteiger partial charge in [-0.1, -0.05) is 0 Å². The van der Waals surface area contributed by atoms with Crippen molar-refractivity contribution in [2.45, 2.75) is 11.3 Å². The Morgan fingerprint density at radius 1 is 0.871 bits per heavy atom. The molecule has 1 aliphatic rings. The largest absolute Gasteiger partial charge is 0.490 e. The molecule has 0 fully saturated rings.